The number of amides is 1. The molecule has 116 valence electrons. The van der Waals surface area contributed by atoms with Gasteiger partial charge in [0, 0.05) is 18.7 Å². The second kappa shape index (κ2) is 6.99. The van der Waals surface area contributed by atoms with Gasteiger partial charge in [0.2, 0.25) is 15.9 Å². The summed E-state index contributed by atoms with van der Waals surface area (Å²) in [7, 11) is -4.18. The lowest BCUT2D eigenvalue weighted by Gasteiger charge is -2.10. The number of rotatable bonds is 7. The van der Waals surface area contributed by atoms with Crippen LogP contribution in [0, 0.1) is 10.1 Å². The number of hydrogen-bond acceptors (Lipinski definition) is 6. The number of sulfonamides is 1. The summed E-state index contributed by atoms with van der Waals surface area (Å²) in [4.78, 5) is 20.6. The summed E-state index contributed by atoms with van der Waals surface area (Å²) < 4.78 is 28.0. The van der Waals surface area contributed by atoms with Gasteiger partial charge in [-0.3, -0.25) is 14.9 Å². The third kappa shape index (κ3) is 5.00. The number of non-ortho nitro benzene ring substituents is 1. The molecular formula is C11H15N3O6S. The highest BCUT2D eigenvalue weighted by Gasteiger charge is 2.20. The largest absolute Gasteiger partial charge is 0.492 e. The number of hydrogen-bond donors (Lipinski definition) is 2. The number of nitro groups is 1. The fraction of sp³-hybridized carbons (Fsp3) is 0.364. The van der Waals surface area contributed by atoms with Crippen molar-refractivity contribution in [3.8, 4) is 5.75 Å². The summed E-state index contributed by atoms with van der Waals surface area (Å²) in [6.07, 6.45) is 0.0227. The van der Waals surface area contributed by atoms with Crippen LogP contribution in [0.5, 0.6) is 5.75 Å². The molecule has 0 saturated carbocycles. The van der Waals surface area contributed by atoms with Crippen molar-refractivity contribution in [1.82, 2.24) is 5.32 Å². The van der Waals surface area contributed by atoms with Gasteiger partial charge < -0.3 is 10.1 Å². The molecule has 0 radical (unpaired) electrons. The number of primary sulfonamides is 1. The maximum atomic E-state index is 11.4. The van der Waals surface area contributed by atoms with Crippen molar-refractivity contribution in [3.05, 3.63) is 28.3 Å². The zero-order valence-corrected chi connectivity index (χ0v) is 12.1. The maximum Gasteiger partial charge on any atom is 0.271 e. The second-order valence-electron chi connectivity index (χ2n) is 3.99. The quantitative estimate of drug-likeness (QED) is 0.541. The number of benzene rings is 1. The van der Waals surface area contributed by atoms with Crippen LogP contribution >= 0.6 is 0 Å². The van der Waals surface area contributed by atoms with Crippen LogP contribution in [-0.4, -0.2) is 32.4 Å². The number of nitrogens with one attached hydrogen (secondary N) is 1. The van der Waals surface area contributed by atoms with E-state index in [9.17, 15) is 23.3 Å². The molecule has 0 spiro atoms. The van der Waals surface area contributed by atoms with E-state index in [1.165, 1.54) is 0 Å². The van der Waals surface area contributed by atoms with E-state index in [-0.39, 0.29) is 24.7 Å². The molecule has 0 aromatic heterocycles. The minimum atomic E-state index is -4.18. The van der Waals surface area contributed by atoms with Gasteiger partial charge in [-0.2, -0.15) is 0 Å². The lowest BCUT2D eigenvalue weighted by molar-refractivity contribution is -0.385. The zero-order valence-electron chi connectivity index (χ0n) is 11.2. The zero-order chi connectivity index (χ0) is 16.0. The molecule has 1 aromatic carbocycles. The predicted molar refractivity (Wildman–Crippen MR) is 73.3 cm³/mol. The Labute approximate surface area is 121 Å². The number of ether oxygens (including phenoxy) is 1. The first kappa shape index (κ1) is 16.9. The number of nitrogens with zero attached hydrogens (tertiary/aromatic N) is 1. The Kier molecular flexibility index (Phi) is 5.61. The van der Waals surface area contributed by atoms with Crippen LogP contribution in [0.2, 0.25) is 0 Å². The molecule has 0 saturated heterocycles. The van der Waals surface area contributed by atoms with Crippen LogP contribution < -0.4 is 15.2 Å². The van der Waals surface area contributed by atoms with Crippen LogP contribution in [-0.2, 0) is 14.8 Å². The van der Waals surface area contributed by atoms with Gasteiger partial charge in [-0.25, -0.2) is 13.6 Å². The first-order valence-corrected chi connectivity index (χ1v) is 7.51. The minimum Gasteiger partial charge on any atom is -0.492 e. The molecule has 1 rings (SSSR count). The highest BCUT2D eigenvalue weighted by atomic mass is 32.2. The van der Waals surface area contributed by atoms with E-state index in [1.54, 1.807) is 6.92 Å². The predicted octanol–water partition coefficient (Wildman–Crippen LogP) is 0.147. The normalized spacial score (nSPS) is 11.0. The maximum absolute atomic E-state index is 11.4. The molecular weight excluding hydrogens is 302 g/mol. The monoisotopic (exact) mass is 317 g/mol. The van der Waals surface area contributed by atoms with E-state index in [2.05, 4.69) is 5.32 Å². The molecule has 1 amide bonds. The molecule has 0 aliphatic carbocycles. The van der Waals surface area contributed by atoms with E-state index in [1.807, 2.05) is 0 Å². The Balaban J connectivity index is 2.92. The summed E-state index contributed by atoms with van der Waals surface area (Å²) in [5, 5.41) is 18.2. The summed E-state index contributed by atoms with van der Waals surface area (Å²) in [5.41, 5.74) is -0.421. The Morgan fingerprint density at radius 3 is 2.67 bits per heavy atom. The number of nitro benzene ring substituents is 1. The van der Waals surface area contributed by atoms with Crippen molar-refractivity contribution < 1.29 is 22.9 Å². The van der Waals surface area contributed by atoms with Gasteiger partial charge in [-0.1, -0.05) is 0 Å². The van der Waals surface area contributed by atoms with Crippen LogP contribution in [0.3, 0.4) is 0 Å². The van der Waals surface area contributed by atoms with Gasteiger partial charge in [0.05, 0.1) is 18.0 Å². The molecule has 1 aromatic rings. The first-order valence-electron chi connectivity index (χ1n) is 5.96. The van der Waals surface area contributed by atoms with Gasteiger partial charge >= 0.3 is 0 Å². The minimum absolute atomic E-state index is 0.0227. The Morgan fingerprint density at radius 1 is 1.48 bits per heavy atom. The van der Waals surface area contributed by atoms with Crippen molar-refractivity contribution in [1.29, 1.82) is 0 Å². The molecule has 21 heavy (non-hydrogen) atoms. The summed E-state index contributed by atoms with van der Waals surface area (Å²) >= 11 is 0. The summed E-state index contributed by atoms with van der Waals surface area (Å²) in [6, 6.07) is 3.04. The van der Waals surface area contributed by atoms with Gasteiger partial charge in [0.25, 0.3) is 5.69 Å². The van der Waals surface area contributed by atoms with Crippen molar-refractivity contribution >= 4 is 21.6 Å². The average molecular weight is 317 g/mol. The molecule has 0 aliphatic rings. The van der Waals surface area contributed by atoms with E-state index >= 15 is 0 Å². The summed E-state index contributed by atoms with van der Waals surface area (Å²) in [6.45, 7) is 2.15. The van der Waals surface area contributed by atoms with Gasteiger partial charge in [0.1, 0.15) is 10.6 Å². The Bertz CT molecular complexity index is 643. The van der Waals surface area contributed by atoms with Crippen molar-refractivity contribution in [2.75, 3.05) is 13.2 Å². The molecule has 9 nitrogen and oxygen atoms in total. The summed E-state index contributed by atoms with van der Waals surface area (Å²) in [5.74, 6) is -0.385. The fourth-order valence-electron chi connectivity index (χ4n) is 1.49. The molecule has 0 heterocycles. The van der Waals surface area contributed by atoms with E-state index in [4.69, 9.17) is 9.88 Å². The number of carbonyl (C=O) groups excluding carboxylic acids is 1. The molecule has 3 N–H and O–H groups in total. The Hall–Kier alpha value is -2.20. The van der Waals surface area contributed by atoms with Crippen molar-refractivity contribution in [2.24, 2.45) is 5.14 Å². The van der Waals surface area contributed by atoms with Gasteiger partial charge in [0.15, 0.2) is 0 Å². The molecule has 10 heteroatoms. The van der Waals surface area contributed by atoms with Crippen LogP contribution in [0.15, 0.2) is 23.1 Å². The van der Waals surface area contributed by atoms with Gasteiger partial charge in [-0.15, -0.1) is 0 Å². The van der Waals surface area contributed by atoms with E-state index < -0.39 is 25.5 Å². The van der Waals surface area contributed by atoms with E-state index in [0.717, 1.165) is 18.2 Å². The third-order valence-electron chi connectivity index (χ3n) is 2.41. The van der Waals surface area contributed by atoms with Gasteiger partial charge in [-0.05, 0) is 13.0 Å². The van der Waals surface area contributed by atoms with Crippen LogP contribution in [0.1, 0.15) is 13.3 Å². The molecule has 0 fully saturated rings. The number of carbonyl (C=O) groups is 1. The lowest BCUT2D eigenvalue weighted by Crippen LogP contribution is -2.24. The number of nitrogens with two attached hydrogens (primary N) is 1. The molecule has 0 unspecified atom stereocenters. The molecule has 0 atom stereocenters. The highest BCUT2D eigenvalue weighted by Crippen LogP contribution is 2.27. The fourth-order valence-corrected chi connectivity index (χ4v) is 2.18. The molecule has 0 bridgehead atoms. The smallest absolute Gasteiger partial charge is 0.271 e. The average Bonchev–Trinajstić information content (AvgIpc) is 2.37. The molecule has 0 aliphatic heterocycles. The lowest BCUT2D eigenvalue weighted by atomic mass is 10.3. The van der Waals surface area contributed by atoms with Crippen molar-refractivity contribution in [3.63, 3.8) is 0 Å². The SMILES string of the molecule is CCNC(=O)CCOc1ccc([N+](=O)[O-])cc1S(N)(=O)=O. The third-order valence-corrected chi connectivity index (χ3v) is 3.34. The second-order valence-corrected chi connectivity index (χ2v) is 5.51. The topological polar surface area (TPSA) is 142 Å². The van der Waals surface area contributed by atoms with Crippen LogP contribution in [0.4, 0.5) is 5.69 Å². The Morgan fingerprint density at radius 2 is 2.14 bits per heavy atom. The standard InChI is InChI=1S/C11H15N3O6S/c1-2-13-11(15)5-6-20-9-4-3-8(14(16)17)7-10(9)21(12,18)19/h3-4,7H,2,5-6H2,1H3,(H,13,15)(H2,12,18,19). The van der Waals surface area contributed by atoms with Crippen molar-refractivity contribution in [2.45, 2.75) is 18.2 Å². The highest BCUT2D eigenvalue weighted by molar-refractivity contribution is 7.89. The van der Waals surface area contributed by atoms with Crippen LogP contribution in [0.25, 0.3) is 0 Å². The first-order chi connectivity index (χ1) is 9.75. The van der Waals surface area contributed by atoms with E-state index in [0.29, 0.717) is 6.54 Å².